The number of hydrogen-bond acceptors (Lipinski definition) is 3. The van der Waals surface area contributed by atoms with E-state index in [4.69, 9.17) is 4.98 Å². The first kappa shape index (κ1) is 13.9. The average molecular weight is 367 g/mol. The zero-order valence-corrected chi connectivity index (χ0v) is 13.9. The van der Waals surface area contributed by atoms with Crippen LogP contribution < -0.4 is 5.32 Å². The summed E-state index contributed by atoms with van der Waals surface area (Å²) in [6.07, 6.45) is 5.00. The van der Waals surface area contributed by atoms with Crippen molar-refractivity contribution in [2.75, 3.05) is 0 Å². The summed E-state index contributed by atoms with van der Waals surface area (Å²) in [5.74, 6) is 0.388. The molecule has 2 aliphatic rings. The molecule has 0 atom stereocenters. The van der Waals surface area contributed by atoms with Gasteiger partial charge < -0.3 is 5.32 Å². The Balaban J connectivity index is 1.70. The second-order valence-corrected chi connectivity index (χ2v) is 7.79. The first-order chi connectivity index (χ1) is 10.2. The number of rotatable bonds is 5. The third kappa shape index (κ3) is 2.91. The molecule has 1 aromatic carbocycles. The van der Waals surface area contributed by atoms with Crippen molar-refractivity contribution in [2.45, 2.75) is 44.2 Å². The first-order valence-electron chi connectivity index (χ1n) is 7.39. The molecular weight excluding hydrogens is 351 g/mol. The van der Waals surface area contributed by atoms with Gasteiger partial charge in [0.1, 0.15) is 10.8 Å². The highest BCUT2D eigenvalue weighted by Crippen LogP contribution is 2.45. The molecule has 2 aliphatic carbocycles. The number of nitrogens with zero attached hydrogens (tertiary/aromatic N) is 1. The zero-order chi connectivity index (χ0) is 14.4. The lowest BCUT2D eigenvalue weighted by Crippen LogP contribution is -2.15. The van der Waals surface area contributed by atoms with Crippen molar-refractivity contribution in [3.05, 3.63) is 39.1 Å². The van der Waals surface area contributed by atoms with Crippen LogP contribution in [0.2, 0.25) is 0 Å². The lowest BCUT2D eigenvalue weighted by atomic mass is 10.2. The second kappa shape index (κ2) is 5.45. The van der Waals surface area contributed by atoms with E-state index in [1.165, 1.54) is 42.3 Å². The van der Waals surface area contributed by atoms with Gasteiger partial charge in [-0.1, -0.05) is 6.07 Å². The molecule has 0 saturated heterocycles. The lowest BCUT2D eigenvalue weighted by molar-refractivity contribution is 0.630. The quantitative estimate of drug-likeness (QED) is 0.818. The van der Waals surface area contributed by atoms with Crippen molar-refractivity contribution in [2.24, 2.45) is 0 Å². The van der Waals surface area contributed by atoms with Gasteiger partial charge in [-0.05, 0) is 53.7 Å². The molecule has 2 fully saturated rings. The standard InChI is InChI=1S/C16H16BrFN2S/c17-11-2-1-3-12(18)14(11)16-20-15(9-4-5-9)13(21-16)8-19-10-6-7-10/h1-3,9-10,19H,4-8H2. The summed E-state index contributed by atoms with van der Waals surface area (Å²) < 4.78 is 14.9. The number of thiazole rings is 1. The molecule has 1 heterocycles. The number of hydrogen-bond donors (Lipinski definition) is 1. The molecular formula is C16H16BrFN2S. The van der Waals surface area contributed by atoms with Crippen molar-refractivity contribution in [1.29, 1.82) is 0 Å². The summed E-state index contributed by atoms with van der Waals surface area (Å²) in [7, 11) is 0. The van der Waals surface area contributed by atoms with Crippen molar-refractivity contribution >= 4 is 27.3 Å². The predicted molar refractivity (Wildman–Crippen MR) is 87.0 cm³/mol. The van der Waals surface area contributed by atoms with Gasteiger partial charge in [-0.25, -0.2) is 9.37 Å². The topological polar surface area (TPSA) is 24.9 Å². The van der Waals surface area contributed by atoms with E-state index in [1.807, 2.05) is 6.07 Å². The molecule has 4 rings (SSSR count). The highest BCUT2D eigenvalue weighted by molar-refractivity contribution is 9.10. The molecule has 0 radical (unpaired) electrons. The smallest absolute Gasteiger partial charge is 0.134 e. The van der Waals surface area contributed by atoms with Gasteiger partial charge in [0.2, 0.25) is 0 Å². The van der Waals surface area contributed by atoms with Gasteiger partial charge in [-0.15, -0.1) is 11.3 Å². The highest BCUT2D eigenvalue weighted by atomic mass is 79.9. The summed E-state index contributed by atoms with van der Waals surface area (Å²) in [5, 5.41) is 4.36. The fourth-order valence-electron chi connectivity index (χ4n) is 2.50. The van der Waals surface area contributed by atoms with Crippen LogP contribution in [0.4, 0.5) is 4.39 Å². The third-order valence-corrected chi connectivity index (χ3v) is 5.75. The number of aromatic nitrogens is 1. The molecule has 0 aliphatic heterocycles. The van der Waals surface area contributed by atoms with Gasteiger partial charge in [-0.3, -0.25) is 0 Å². The summed E-state index contributed by atoms with van der Waals surface area (Å²) in [4.78, 5) is 6.06. The van der Waals surface area contributed by atoms with Gasteiger partial charge in [-0.2, -0.15) is 0 Å². The van der Waals surface area contributed by atoms with Crippen molar-refractivity contribution in [3.63, 3.8) is 0 Å². The van der Waals surface area contributed by atoms with Crippen LogP contribution in [0.1, 0.15) is 42.2 Å². The Hall–Kier alpha value is -0.780. The Morgan fingerprint density at radius 2 is 2.10 bits per heavy atom. The van der Waals surface area contributed by atoms with Crippen molar-refractivity contribution in [1.82, 2.24) is 10.3 Å². The van der Waals surface area contributed by atoms with Crippen LogP contribution in [-0.4, -0.2) is 11.0 Å². The van der Waals surface area contributed by atoms with E-state index in [1.54, 1.807) is 17.4 Å². The zero-order valence-electron chi connectivity index (χ0n) is 11.5. The Labute approximate surface area is 135 Å². The van der Waals surface area contributed by atoms with Crippen LogP contribution in [-0.2, 0) is 6.54 Å². The van der Waals surface area contributed by atoms with Crippen LogP contribution in [0, 0.1) is 5.82 Å². The summed E-state index contributed by atoms with van der Waals surface area (Å²) in [5.41, 5.74) is 1.79. The van der Waals surface area contributed by atoms with Crippen LogP contribution in [0.5, 0.6) is 0 Å². The Morgan fingerprint density at radius 3 is 2.76 bits per heavy atom. The minimum absolute atomic E-state index is 0.206. The summed E-state index contributed by atoms with van der Waals surface area (Å²) in [6.45, 7) is 0.875. The van der Waals surface area contributed by atoms with Crippen LogP contribution in [0.25, 0.3) is 10.6 Å². The SMILES string of the molecule is Fc1cccc(Br)c1-c1nc(C2CC2)c(CNC2CC2)s1. The molecule has 21 heavy (non-hydrogen) atoms. The molecule has 5 heteroatoms. The van der Waals surface area contributed by atoms with E-state index < -0.39 is 0 Å². The molecule has 110 valence electrons. The normalized spacial score (nSPS) is 18.2. The number of nitrogens with one attached hydrogen (secondary N) is 1. The Bertz CT molecular complexity index is 657. The molecule has 0 amide bonds. The van der Waals surface area contributed by atoms with Crippen LogP contribution in [0.3, 0.4) is 0 Å². The van der Waals surface area contributed by atoms with Gasteiger partial charge in [0.15, 0.2) is 0 Å². The number of benzene rings is 1. The maximum Gasteiger partial charge on any atom is 0.134 e. The molecule has 0 bridgehead atoms. The lowest BCUT2D eigenvalue weighted by Gasteiger charge is -2.01. The number of halogens is 2. The molecule has 2 aromatic rings. The molecule has 1 N–H and O–H groups in total. The van der Waals surface area contributed by atoms with E-state index in [2.05, 4.69) is 21.2 Å². The van der Waals surface area contributed by atoms with Crippen LogP contribution in [0.15, 0.2) is 22.7 Å². The van der Waals surface area contributed by atoms with Crippen molar-refractivity contribution in [3.8, 4) is 10.6 Å². The third-order valence-electron chi connectivity index (χ3n) is 4.00. The second-order valence-electron chi connectivity index (χ2n) is 5.85. The fourth-order valence-corrected chi connectivity index (χ4v) is 4.32. The average Bonchev–Trinajstić information content (AvgIpc) is 3.36. The predicted octanol–water partition coefficient (Wildman–Crippen LogP) is 4.84. The van der Waals surface area contributed by atoms with Gasteiger partial charge in [0, 0.05) is 27.9 Å². The van der Waals surface area contributed by atoms with Crippen LogP contribution >= 0.6 is 27.3 Å². The minimum Gasteiger partial charge on any atom is -0.309 e. The molecule has 2 saturated carbocycles. The Kier molecular flexibility index (Phi) is 3.59. The first-order valence-corrected chi connectivity index (χ1v) is 9.00. The monoisotopic (exact) mass is 366 g/mol. The summed E-state index contributed by atoms with van der Waals surface area (Å²) >= 11 is 5.09. The van der Waals surface area contributed by atoms with E-state index in [0.29, 0.717) is 17.5 Å². The van der Waals surface area contributed by atoms with Gasteiger partial charge in [0.25, 0.3) is 0 Å². The van der Waals surface area contributed by atoms with E-state index in [0.717, 1.165) is 16.0 Å². The van der Waals surface area contributed by atoms with Gasteiger partial charge >= 0.3 is 0 Å². The van der Waals surface area contributed by atoms with Crippen molar-refractivity contribution < 1.29 is 4.39 Å². The van der Waals surface area contributed by atoms with E-state index >= 15 is 0 Å². The minimum atomic E-state index is -0.206. The molecule has 1 aromatic heterocycles. The molecule has 0 unspecified atom stereocenters. The molecule has 0 spiro atoms. The maximum atomic E-state index is 14.1. The molecule has 2 nitrogen and oxygen atoms in total. The largest absolute Gasteiger partial charge is 0.309 e. The van der Waals surface area contributed by atoms with E-state index in [9.17, 15) is 4.39 Å². The maximum absolute atomic E-state index is 14.1. The Morgan fingerprint density at radius 1 is 1.29 bits per heavy atom. The summed E-state index contributed by atoms with van der Waals surface area (Å²) in [6, 6.07) is 5.77. The fraction of sp³-hybridized carbons (Fsp3) is 0.438. The highest BCUT2D eigenvalue weighted by Gasteiger charge is 2.31. The van der Waals surface area contributed by atoms with E-state index in [-0.39, 0.29) is 5.82 Å². The van der Waals surface area contributed by atoms with Gasteiger partial charge in [0.05, 0.1) is 11.3 Å².